The number of likely N-dealkylation sites (N-methyl/N-ethyl adjacent to an activating group) is 1. The van der Waals surface area contributed by atoms with Crippen LogP contribution in [0.2, 0.25) is 5.02 Å². The van der Waals surface area contributed by atoms with Crippen LogP contribution in [0, 0.1) is 6.92 Å². The third-order valence-corrected chi connectivity index (χ3v) is 3.93. The van der Waals surface area contributed by atoms with Crippen LogP contribution in [0.15, 0.2) is 11.6 Å². The molecule has 1 atom stereocenters. The molecule has 0 spiro atoms. The van der Waals surface area contributed by atoms with Crippen molar-refractivity contribution in [1.29, 1.82) is 0 Å². The highest BCUT2D eigenvalue weighted by Gasteiger charge is 2.20. The summed E-state index contributed by atoms with van der Waals surface area (Å²) in [5.74, 6) is 0. The maximum Gasteiger partial charge on any atom is 0.0920 e. The van der Waals surface area contributed by atoms with Gasteiger partial charge in [0.2, 0.25) is 0 Å². The van der Waals surface area contributed by atoms with Crippen LogP contribution in [-0.2, 0) is 6.54 Å². The van der Waals surface area contributed by atoms with Crippen molar-refractivity contribution in [1.82, 2.24) is 19.7 Å². The Kier molecular flexibility index (Phi) is 4.57. The highest BCUT2D eigenvalue weighted by Crippen LogP contribution is 2.27. The van der Waals surface area contributed by atoms with Gasteiger partial charge in [0.05, 0.1) is 40.2 Å². The Labute approximate surface area is 122 Å². The van der Waals surface area contributed by atoms with Gasteiger partial charge in [-0.15, -0.1) is 11.3 Å². The van der Waals surface area contributed by atoms with Gasteiger partial charge in [-0.3, -0.25) is 4.68 Å². The standard InChI is InChI=1S/C12H18ClN5S/c1-8-16-10(7-19-8)11(14)12-9(13)6-15-18(12)5-4-17(2)3/h6-7,11H,4-5,14H2,1-3H3. The van der Waals surface area contributed by atoms with E-state index in [1.54, 1.807) is 17.5 Å². The topological polar surface area (TPSA) is 60.0 Å². The molecule has 2 aromatic heterocycles. The van der Waals surface area contributed by atoms with Crippen molar-refractivity contribution in [2.75, 3.05) is 20.6 Å². The van der Waals surface area contributed by atoms with E-state index in [1.807, 2.05) is 31.1 Å². The van der Waals surface area contributed by atoms with E-state index in [1.165, 1.54) is 0 Å². The lowest BCUT2D eigenvalue weighted by Crippen LogP contribution is -2.23. The lowest BCUT2D eigenvalue weighted by Gasteiger charge is -2.15. The summed E-state index contributed by atoms with van der Waals surface area (Å²) in [6.45, 7) is 3.60. The maximum absolute atomic E-state index is 6.27. The summed E-state index contributed by atoms with van der Waals surface area (Å²) in [4.78, 5) is 6.52. The van der Waals surface area contributed by atoms with E-state index >= 15 is 0 Å². The van der Waals surface area contributed by atoms with E-state index in [4.69, 9.17) is 17.3 Å². The normalized spacial score (nSPS) is 13.2. The van der Waals surface area contributed by atoms with Gasteiger partial charge < -0.3 is 10.6 Å². The van der Waals surface area contributed by atoms with Crippen LogP contribution in [0.1, 0.15) is 22.4 Å². The molecule has 2 rings (SSSR count). The molecule has 0 radical (unpaired) electrons. The molecular formula is C12H18ClN5S. The molecule has 5 nitrogen and oxygen atoms in total. The van der Waals surface area contributed by atoms with E-state index in [0.717, 1.165) is 29.5 Å². The molecule has 0 fully saturated rings. The van der Waals surface area contributed by atoms with Crippen LogP contribution in [0.5, 0.6) is 0 Å². The minimum atomic E-state index is -0.331. The first-order valence-corrected chi connectivity index (χ1v) is 7.28. The molecular weight excluding hydrogens is 282 g/mol. The fourth-order valence-corrected chi connectivity index (χ4v) is 2.72. The van der Waals surface area contributed by atoms with E-state index < -0.39 is 0 Å². The fourth-order valence-electron chi connectivity index (χ4n) is 1.82. The Bertz CT molecular complexity index is 548. The monoisotopic (exact) mass is 299 g/mol. The minimum Gasteiger partial charge on any atom is -0.318 e. The first-order valence-electron chi connectivity index (χ1n) is 6.02. The SMILES string of the molecule is Cc1nc(C(N)c2c(Cl)cnn2CCN(C)C)cs1. The van der Waals surface area contributed by atoms with Crippen LogP contribution in [0.3, 0.4) is 0 Å². The predicted molar refractivity (Wildman–Crippen MR) is 78.7 cm³/mol. The zero-order valence-electron chi connectivity index (χ0n) is 11.3. The largest absolute Gasteiger partial charge is 0.318 e. The smallest absolute Gasteiger partial charge is 0.0920 e. The molecule has 2 aromatic rings. The highest BCUT2D eigenvalue weighted by molar-refractivity contribution is 7.09. The third-order valence-electron chi connectivity index (χ3n) is 2.84. The van der Waals surface area contributed by atoms with Gasteiger partial charge >= 0.3 is 0 Å². The quantitative estimate of drug-likeness (QED) is 0.916. The molecule has 2 heterocycles. The third kappa shape index (κ3) is 3.33. The fraction of sp³-hybridized carbons (Fsp3) is 0.500. The second-order valence-corrected chi connectivity index (χ2v) is 6.14. The number of rotatable bonds is 5. The molecule has 19 heavy (non-hydrogen) atoms. The van der Waals surface area contributed by atoms with Gasteiger partial charge in [0.15, 0.2) is 0 Å². The van der Waals surface area contributed by atoms with Crippen molar-refractivity contribution in [3.8, 4) is 0 Å². The molecule has 0 aliphatic rings. The summed E-state index contributed by atoms with van der Waals surface area (Å²) in [6.07, 6.45) is 1.64. The zero-order valence-corrected chi connectivity index (χ0v) is 12.9. The highest BCUT2D eigenvalue weighted by atomic mass is 35.5. The Hall–Kier alpha value is -0.950. The number of aromatic nitrogens is 3. The van der Waals surface area contributed by atoms with E-state index in [-0.39, 0.29) is 6.04 Å². The van der Waals surface area contributed by atoms with Gasteiger partial charge in [-0.1, -0.05) is 11.6 Å². The van der Waals surface area contributed by atoms with E-state index in [0.29, 0.717) is 5.02 Å². The Morgan fingerprint density at radius 3 is 2.84 bits per heavy atom. The lowest BCUT2D eigenvalue weighted by atomic mass is 10.1. The number of hydrogen-bond acceptors (Lipinski definition) is 5. The number of aryl methyl sites for hydroxylation is 1. The van der Waals surface area contributed by atoms with Crippen LogP contribution >= 0.6 is 22.9 Å². The Morgan fingerprint density at radius 2 is 2.26 bits per heavy atom. The van der Waals surface area contributed by atoms with Gasteiger partial charge in [0.25, 0.3) is 0 Å². The van der Waals surface area contributed by atoms with Gasteiger partial charge in [0, 0.05) is 11.9 Å². The molecule has 2 N–H and O–H groups in total. The first kappa shape index (κ1) is 14.5. The minimum absolute atomic E-state index is 0.331. The number of hydrogen-bond donors (Lipinski definition) is 1. The summed E-state index contributed by atoms with van der Waals surface area (Å²) < 4.78 is 1.86. The number of thiazole rings is 1. The van der Waals surface area contributed by atoms with Gasteiger partial charge in [-0.2, -0.15) is 5.10 Å². The van der Waals surface area contributed by atoms with Gasteiger partial charge in [-0.05, 0) is 21.0 Å². The molecule has 0 bridgehead atoms. The molecule has 0 saturated heterocycles. The maximum atomic E-state index is 6.27. The van der Waals surface area contributed by atoms with Crippen LogP contribution in [0.4, 0.5) is 0 Å². The van der Waals surface area contributed by atoms with E-state index in [2.05, 4.69) is 15.0 Å². The molecule has 7 heteroatoms. The van der Waals surface area contributed by atoms with Gasteiger partial charge in [-0.25, -0.2) is 4.98 Å². The summed E-state index contributed by atoms with van der Waals surface area (Å²) in [7, 11) is 4.04. The zero-order chi connectivity index (χ0) is 14.0. The molecule has 0 amide bonds. The van der Waals surface area contributed by atoms with Crippen molar-refractivity contribution in [3.05, 3.63) is 33.0 Å². The van der Waals surface area contributed by atoms with Crippen molar-refractivity contribution >= 4 is 22.9 Å². The van der Waals surface area contributed by atoms with Crippen molar-refractivity contribution in [2.24, 2.45) is 5.73 Å². The summed E-state index contributed by atoms with van der Waals surface area (Å²) >= 11 is 7.80. The average Bonchev–Trinajstić information content (AvgIpc) is 2.92. The first-order chi connectivity index (χ1) is 8.99. The molecule has 0 saturated carbocycles. The number of nitrogens with two attached hydrogens (primary N) is 1. The summed E-state index contributed by atoms with van der Waals surface area (Å²) in [5.41, 5.74) is 7.94. The van der Waals surface area contributed by atoms with Crippen molar-refractivity contribution in [2.45, 2.75) is 19.5 Å². The van der Waals surface area contributed by atoms with Crippen molar-refractivity contribution < 1.29 is 0 Å². The second-order valence-electron chi connectivity index (χ2n) is 4.67. The van der Waals surface area contributed by atoms with Crippen LogP contribution < -0.4 is 5.73 Å². The molecule has 0 aromatic carbocycles. The lowest BCUT2D eigenvalue weighted by molar-refractivity contribution is 0.368. The Balaban J connectivity index is 2.25. The second kappa shape index (κ2) is 6.00. The van der Waals surface area contributed by atoms with Crippen LogP contribution in [0.25, 0.3) is 0 Å². The predicted octanol–water partition coefficient (Wildman–Crippen LogP) is 1.91. The summed E-state index contributed by atoms with van der Waals surface area (Å²) in [6, 6.07) is -0.331. The molecule has 104 valence electrons. The number of nitrogens with zero attached hydrogens (tertiary/aromatic N) is 4. The molecule has 0 aliphatic carbocycles. The molecule has 0 aliphatic heterocycles. The van der Waals surface area contributed by atoms with E-state index in [9.17, 15) is 0 Å². The molecule has 1 unspecified atom stereocenters. The number of halogens is 1. The Morgan fingerprint density at radius 1 is 1.53 bits per heavy atom. The van der Waals surface area contributed by atoms with Gasteiger partial charge in [0.1, 0.15) is 0 Å². The summed E-state index contributed by atoms with van der Waals surface area (Å²) in [5, 5.41) is 7.86. The van der Waals surface area contributed by atoms with Crippen LogP contribution in [-0.4, -0.2) is 40.3 Å². The van der Waals surface area contributed by atoms with Crippen molar-refractivity contribution in [3.63, 3.8) is 0 Å². The average molecular weight is 300 g/mol.